The van der Waals surface area contributed by atoms with Gasteiger partial charge in [-0.15, -0.1) is 0 Å². The normalized spacial score (nSPS) is 21.7. The van der Waals surface area contributed by atoms with Crippen molar-refractivity contribution in [1.82, 2.24) is 10.2 Å². The van der Waals surface area contributed by atoms with Crippen LogP contribution in [0.25, 0.3) is 0 Å². The number of amides is 4. The first kappa shape index (κ1) is 18.9. The summed E-state index contributed by atoms with van der Waals surface area (Å²) < 4.78 is 5.21. The number of hydrogen-bond donors (Lipinski definition) is 1. The zero-order chi connectivity index (χ0) is 19.9. The lowest BCUT2D eigenvalue weighted by atomic mass is 10.1. The maximum Gasteiger partial charge on any atom is 0.327 e. The molecule has 144 valence electrons. The van der Waals surface area contributed by atoms with Crippen LogP contribution in [0.2, 0.25) is 0 Å². The molecule has 27 heavy (non-hydrogen) atoms. The van der Waals surface area contributed by atoms with Crippen molar-refractivity contribution in [3.8, 4) is 0 Å². The van der Waals surface area contributed by atoms with E-state index in [1.165, 1.54) is 6.92 Å². The van der Waals surface area contributed by atoms with Crippen LogP contribution in [0.4, 0.5) is 10.5 Å². The summed E-state index contributed by atoms with van der Waals surface area (Å²) in [7, 11) is 0. The topological polar surface area (TPSA) is 96.0 Å². The third-order valence-electron chi connectivity index (χ3n) is 4.83. The van der Waals surface area contributed by atoms with Gasteiger partial charge in [0.1, 0.15) is 12.1 Å². The number of benzene rings is 1. The van der Waals surface area contributed by atoms with Gasteiger partial charge in [0.15, 0.2) is 6.10 Å². The highest BCUT2D eigenvalue weighted by molar-refractivity contribution is 6.08. The second-order valence-corrected chi connectivity index (χ2v) is 7.47. The summed E-state index contributed by atoms with van der Waals surface area (Å²) in [4.78, 5) is 51.4. The lowest BCUT2D eigenvalue weighted by Crippen LogP contribution is -2.45. The number of esters is 1. The molecule has 4 amide bonds. The van der Waals surface area contributed by atoms with Gasteiger partial charge in [0.05, 0.1) is 0 Å². The molecule has 2 atom stereocenters. The van der Waals surface area contributed by atoms with Crippen molar-refractivity contribution in [3.63, 3.8) is 0 Å². The van der Waals surface area contributed by atoms with Gasteiger partial charge in [-0.05, 0) is 45.7 Å². The van der Waals surface area contributed by atoms with Gasteiger partial charge in [0.2, 0.25) is 0 Å². The minimum absolute atomic E-state index is 0.0391. The van der Waals surface area contributed by atoms with Crippen LogP contribution in [0.5, 0.6) is 0 Å². The van der Waals surface area contributed by atoms with Crippen LogP contribution in [0.15, 0.2) is 24.3 Å². The predicted octanol–water partition coefficient (Wildman–Crippen LogP) is 1.23. The number of hydrogen-bond acceptors (Lipinski definition) is 5. The van der Waals surface area contributed by atoms with E-state index in [4.69, 9.17) is 4.74 Å². The first-order valence-electron chi connectivity index (χ1n) is 8.86. The summed E-state index contributed by atoms with van der Waals surface area (Å²) in [6, 6.07) is 6.91. The Labute approximate surface area is 157 Å². The molecule has 0 aromatic heterocycles. The summed E-state index contributed by atoms with van der Waals surface area (Å²) in [6.45, 7) is 6.00. The van der Waals surface area contributed by atoms with E-state index in [0.717, 1.165) is 22.6 Å². The number of para-hydroxylation sites is 1. The Hall–Kier alpha value is -2.90. The molecule has 0 spiro atoms. The molecule has 1 saturated heterocycles. The standard InChI is InChI=1S/C19H23N3O5/c1-11-9-13-7-5-6-8-14(13)22(11)16(24)12(2)27-15(23)10-21-17(25)19(3,4)20-18(21)26/h5-8,11-12H,9-10H2,1-4H3,(H,20,26)/t11-,12+/m0/s1. The maximum atomic E-state index is 12.8. The molecule has 0 aliphatic carbocycles. The molecule has 0 saturated carbocycles. The molecule has 1 N–H and O–H groups in total. The molecule has 1 fully saturated rings. The van der Waals surface area contributed by atoms with Crippen molar-refractivity contribution in [2.75, 3.05) is 11.4 Å². The number of ether oxygens (including phenoxy) is 1. The first-order chi connectivity index (χ1) is 12.6. The summed E-state index contributed by atoms with van der Waals surface area (Å²) in [5, 5.41) is 2.49. The summed E-state index contributed by atoms with van der Waals surface area (Å²) in [5.41, 5.74) is 0.820. The SMILES string of the molecule is C[C@@H](OC(=O)CN1C(=O)NC(C)(C)C1=O)C(=O)N1c2ccccc2C[C@@H]1C. The molecule has 0 unspecified atom stereocenters. The number of nitrogens with one attached hydrogen (secondary N) is 1. The molecular formula is C19H23N3O5. The third-order valence-corrected chi connectivity index (χ3v) is 4.83. The average molecular weight is 373 g/mol. The number of fused-ring (bicyclic) bond motifs is 1. The summed E-state index contributed by atoms with van der Waals surface area (Å²) in [6.07, 6.45) is -0.292. The highest BCUT2D eigenvalue weighted by Gasteiger charge is 2.45. The molecular weight excluding hydrogens is 350 g/mol. The van der Waals surface area contributed by atoms with E-state index in [-0.39, 0.29) is 11.9 Å². The van der Waals surface area contributed by atoms with E-state index in [0.29, 0.717) is 0 Å². The van der Waals surface area contributed by atoms with Crippen molar-refractivity contribution in [2.45, 2.75) is 51.8 Å². The Kier molecular flexibility index (Phi) is 4.67. The monoisotopic (exact) mass is 373 g/mol. The zero-order valence-electron chi connectivity index (χ0n) is 15.8. The van der Waals surface area contributed by atoms with E-state index in [1.54, 1.807) is 18.7 Å². The second kappa shape index (κ2) is 6.68. The second-order valence-electron chi connectivity index (χ2n) is 7.47. The highest BCUT2D eigenvalue weighted by Crippen LogP contribution is 2.32. The van der Waals surface area contributed by atoms with Crippen LogP contribution in [0, 0.1) is 0 Å². The minimum atomic E-state index is -1.06. The molecule has 1 aromatic carbocycles. The van der Waals surface area contributed by atoms with E-state index in [2.05, 4.69) is 5.32 Å². The predicted molar refractivity (Wildman–Crippen MR) is 97.0 cm³/mol. The lowest BCUT2D eigenvalue weighted by Gasteiger charge is -2.26. The molecule has 1 aromatic rings. The molecule has 0 bridgehead atoms. The van der Waals surface area contributed by atoms with Gasteiger partial charge in [0, 0.05) is 11.7 Å². The van der Waals surface area contributed by atoms with Crippen LogP contribution < -0.4 is 10.2 Å². The van der Waals surface area contributed by atoms with Gasteiger partial charge in [-0.2, -0.15) is 0 Å². The van der Waals surface area contributed by atoms with Gasteiger partial charge in [-0.1, -0.05) is 18.2 Å². The van der Waals surface area contributed by atoms with Gasteiger partial charge >= 0.3 is 12.0 Å². The third kappa shape index (κ3) is 3.39. The minimum Gasteiger partial charge on any atom is -0.451 e. The molecule has 3 rings (SSSR count). The van der Waals surface area contributed by atoms with Crippen LogP contribution >= 0.6 is 0 Å². The number of nitrogens with zero attached hydrogens (tertiary/aromatic N) is 2. The number of imide groups is 1. The Morgan fingerprint density at radius 3 is 2.59 bits per heavy atom. The van der Waals surface area contributed by atoms with Crippen LogP contribution in [-0.2, 0) is 25.5 Å². The fourth-order valence-corrected chi connectivity index (χ4v) is 3.47. The first-order valence-corrected chi connectivity index (χ1v) is 8.86. The van der Waals surface area contributed by atoms with Gasteiger partial charge in [-0.25, -0.2) is 4.79 Å². The maximum absolute atomic E-state index is 12.8. The highest BCUT2D eigenvalue weighted by atomic mass is 16.5. The number of rotatable bonds is 4. The molecule has 2 aliphatic heterocycles. The van der Waals surface area contributed by atoms with Gasteiger partial charge < -0.3 is 15.0 Å². The molecule has 2 heterocycles. The zero-order valence-corrected chi connectivity index (χ0v) is 15.8. The Morgan fingerprint density at radius 2 is 1.96 bits per heavy atom. The molecule has 8 nitrogen and oxygen atoms in total. The van der Waals surface area contributed by atoms with E-state index >= 15 is 0 Å². The molecule has 2 aliphatic rings. The van der Waals surface area contributed by atoms with Crippen molar-refractivity contribution in [3.05, 3.63) is 29.8 Å². The van der Waals surface area contributed by atoms with Crippen LogP contribution in [-0.4, -0.2) is 52.9 Å². The fourth-order valence-electron chi connectivity index (χ4n) is 3.47. The van der Waals surface area contributed by atoms with Crippen LogP contribution in [0.3, 0.4) is 0 Å². The lowest BCUT2D eigenvalue weighted by molar-refractivity contribution is -0.155. The van der Waals surface area contributed by atoms with Crippen LogP contribution in [0.1, 0.15) is 33.3 Å². The van der Waals surface area contributed by atoms with Crippen molar-refractivity contribution >= 4 is 29.5 Å². The number of carbonyl (C=O) groups excluding carboxylic acids is 4. The van der Waals surface area contributed by atoms with Crippen molar-refractivity contribution in [2.24, 2.45) is 0 Å². The largest absolute Gasteiger partial charge is 0.451 e. The average Bonchev–Trinajstić information content (AvgIpc) is 3.01. The van der Waals surface area contributed by atoms with Crippen molar-refractivity contribution in [1.29, 1.82) is 0 Å². The van der Waals surface area contributed by atoms with E-state index in [1.807, 2.05) is 31.2 Å². The fraction of sp³-hybridized carbons (Fsp3) is 0.474. The Morgan fingerprint density at radius 1 is 1.30 bits per heavy atom. The quantitative estimate of drug-likeness (QED) is 0.632. The number of urea groups is 1. The van der Waals surface area contributed by atoms with Gasteiger partial charge in [0.25, 0.3) is 11.8 Å². The molecule has 0 radical (unpaired) electrons. The summed E-state index contributed by atoms with van der Waals surface area (Å²) >= 11 is 0. The number of anilines is 1. The smallest absolute Gasteiger partial charge is 0.327 e. The van der Waals surface area contributed by atoms with Crippen molar-refractivity contribution < 1.29 is 23.9 Å². The Balaban J connectivity index is 1.64. The van der Waals surface area contributed by atoms with E-state index in [9.17, 15) is 19.2 Å². The van der Waals surface area contributed by atoms with Gasteiger partial charge in [-0.3, -0.25) is 19.3 Å². The Bertz CT molecular complexity index is 819. The van der Waals surface area contributed by atoms with E-state index < -0.39 is 36.1 Å². The molecule has 8 heteroatoms. The summed E-state index contributed by atoms with van der Waals surface area (Å²) in [5.74, 6) is -1.65. The number of carbonyl (C=O) groups is 4.